The van der Waals surface area contributed by atoms with Crippen LogP contribution in [0.5, 0.6) is 0 Å². The number of rotatable bonds is 7. The van der Waals surface area contributed by atoms with Crippen LogP contribution in [0, 0.1) is 10.1 Å². The van der Waals surface area contributed by atoms with Crippen LogP contribution in [0.15, 0.2) is 41.6 Å². The van der Waals surface area contributed by atoms with Crippen LogP contribution in [0.2, 0.25) is 0 Å². The summed E-state index contributed by atoms with van der Waals surface area (Å²) < 4.78 is 11.6. The first-order valence-electron chi connectivity index (χ1n) is 11.6. The van der Waals surface area contributed by atoms with Crippen LogP contribution in [0.1, 0.15) is 41.1 Å². The number of esters is 2. The van der Waals surface area contributed by atoms with Crippen molar-refractivity contribution >= 4 is 67.4 Å². The molecule has 0 saturated carbocycles. The normalized spacial score (nSPS) is 22.5. The molecule has 1 aliphatic carbocycles. The van der Waals surface area contributed by atoms with Gasteiger partial charge in [0.15, 0.2) is 10.4 Å². The first-order chi connectivity index (χ1) is 18.2. The number of hydrogen-bond donors (Lipinski definition) is 0. The summed E-state index contributed by atoms with van der Waals surface area (Å²) in [6.45, 7) is 1.18. The molecule has 0 spiro atoms. The lowest BCUT2D eigenvalue weighted by Gasteiger charge is -2.51. The molecule has 2 aromatic heterocycles. The van der Waals surface area contributed by atoms with E-state index in [2.05, 4.69) is 21.0 Å². The number of aromatic nitrogens is 2. The van der Waals surface area contributed by atoms with Gasteiger partial charge in [-0.1, -0.05) is 15.9 Å². The van der Waals surface area contributed by atoms with E-state index in [-0.39, 0.29) is 18.0 Å². The predicted octanol–water partition coefficient (Wildman–Crippen LogP) is 4.03. The average Bonchev–Trinajstić information content (AvgIpc) is 3.66. The Balaban J connectivity index is 1.20. The maximum atomic E-state index is 13.5. The van der Waals surface area contributed by atoms with E-state index < -0.39 is 38.6 Å². The first kappa shape index (κ1) is 25.1. The largest absolute Gasteiger partial charge is 0.456 e. The fraction of sp³-hybridized carbons (Fsp3) is 0.333. The third-order valence-corrected chi connectivity index (χ3v) is 10.6. The summed E-state index contributed by atoms with van der Waals surface area (Å²) in [6, 6.07) is 5.66. The highest BCUT2D eigenvalue weighted by Gasteiger charge is 2.69. The number of benzene rings is 1. The maximum absolute atomic E-state index is 13.5. The number of nitro groups is 1. The van der Waals surface area contributed by atoms with Crippen molar-refractivity contribution in [1.29, 1.82) is 0 Å². The van der Waals surface area contributed by atoms with Gasteiger partial charge >= 0.3 is 11.9 Å². The number of alkyl halides is 1. The molecule has 3 atom stereocenters. The molecule has 1 fully saturated rings. The molecular weight excluding hydrogens is 600 g/mol. The molecule has 11 nitrogen and oxygen atoms in total. The number of carbonyl (C=O) groups is 3. The Morgan fingerprint density at radius 3 is 2.79 bits per heavy atom. The number of hydrogen-bond acceptors (Lipinski definition) is 10. The van der Waals surface area contributed by atoms with Crippen LogP contribution in [0.25, 0.3) is 4.83 Å². The lowest BCUT2D eigenvalue weighted by molar-refractivity contribution is -0.384. The number of aryl methyl sites for hydroxylation is 2. The number of non-ortho nitro benzene ring substituents is 1. The molecule has 2 aliphatic heterocycles. The number of ether oxygens (including phenoxy) is 2. The highest BCUT2D eigenvalue weighted by molar-refractivity contribution is 9.10. The molecule has 3 aliphatic rings. The van der Waals surface area contributed by atoms with Gasteiger partial charge in [-0.3, -0.25) is 24.6 Å². The van der Waals surface area contributed by atoms with Gasteiger partial charge in [0.05, 0.1) is 15.5 Å². The van der Waals surface area contributed by atoms with Crippen molar-refractivity contribution in [3.05, 3.63) is 73.4 Å². The van der Waals surface area contributed by atoms with Gasteiger partial charge in [0.25, 0.3) is 11.6 Å². The van der Waals surface area contributed by atoms with Crippen LogP contribution in [-0.2, 0) is 43.3 Å². The summed E-state index contributed by atoms with van der Waals surface area (Å²) >= 11 is 6.30. The fourth-order valence-corrected chi connectivity index (χ4v) is 8.58. The zero-order chi connectivity index (χ0) is 26.8. The SMILES string of the molecule is CC(=O)OC(c1cn2nc3c(c2s1)CCC3)C1(Br)C(=O)N2C(C(=O)OCc3ccc([N+](=O)[O-])cc3)=CS[C@@H]21. The second kappa shape index (κ2) is 9.20. The summed E-state index contributed by atoms with van der Waals surface area (Å²) in [4.78, 5) is 51.8. The number of thioether (sulfide) groups is 1. The maximum Gasteiger partial charge on any atom is 0.355 e. The minimum Gasteiger partial charge on any atom is -0.456 e. The van der Waals surface area contributed by atoms with Gasteiger partial charge < -0.3 is 9.47 Å². The van der Waals surface area contributed by atoms with Gasteiger partial charge in [-0.25, -0.2) is 9.31 Å². The minimum absolute atomic E-state index is 0.0663. The third kappa shape index (κ3) is 3.84. The van der Waals surface area contributed by atoms with Gasteiger partial charge in [0, 0.05) is 36.2 Å². The van der Waals surface area contributed by atoms with Crippen molar-refractivity contribution in [2.24, 2.45) is 0 Å². The molecular formula is C24H19BrN4O7S2. The molecule has 0 N–H and O–H groups in total. The zero-order valence-electron chi connectivity index (χ0n) is 19.8. The Hall–Kier alpha value is -3.23. The lowest BCUT2D eigenvalue weighted by Crippen LogP contribution is -2.70. The van der Waals surface area contributed by atoms with E-state index in [1.165, 1.54) is 64.8 Å². The smallest absolute Gasteiger partial charge is 0.355 e. The average molecular weight is 619 g/mol. The minimum atomic E-state index is -1.29. The first-order valence-corrected chi connectivity index (χ1v) is 14.2. The highest BCUT2D eigenvalue weighted by atomic mass is 79.9. The van der Waals surface area contributed by atoms with E-state index in [1.54, 1.807) is 16.1 Å². The summed E-state index contributed by atoms with van der Waals surface area (Å²) in [5, 5.41) is 16.5. The van der Waals surface area contributed by atoms with Gasteiger partial charge in [0.1, 0.15) is 22.5 Å². The Morgan fingerprint density at radius 1 is 1.32 bits per heavy atom. The van der Waals surface area contributed by atoms with Crippen molar-refractivity contribution < 1.29 is 28.8 Å². The van der Waals surface area contributed by atoms with Crippen LogP contribution in [-0.4, -0.2) is 47.0 Å². The van der Waals surface area contributed by atoms with Gasteiger partial charge in [-0.05, 0) is 37.0 Å². The van der Waals surface area contributed by atoms with Gasteiger partial charge in [-0.2, -0.15) is 5.10 Å². The highest BCUT2D eigenvalue weighted by Crippen LogP contribution is 2.58. The number of nitro benzene ring substituents is 1. The summed E-state index contributed by atoms with van der Waals surface area (Å²) in [5.41, 5.74) is 2.87. The van der Waals surface area contributed by atoms with E-state index in [9.17, 15) is 24.5 Å². The number of carbonyl (C=O) groups excluding carboxylic acids is 3. The Morgan fingerprint density at radius 2 is 2.08 bits per heavy atom. The Kier molecular flexibility index (Phi) is 6.07. The Bertz CT molecular complexity index is 1550. The molecule has 6 rings (SSSR count). The molecule has 14 heteroatoms. The standard InChI is InChI=1S/C24H19BrN4O7S2/c1-12(30)36-19(18-9-27-20(38-18)15-3-2-4-16(15)26-27)24(25)22(32)28-17(11-37-23(24)28)21(31)35-10-13-5-7-14(8-6-13)29(33)34/h5-9,11,19,23H,2-4,10H2,1H3/t19?,23-,24?/m1/s1. The van der Waals surface area contributed by atoms with E-state index >= 15 is 0 Å². The third-order valence-electron chi connectivity index (χ3n) is 6.71. The second-order valence-electron chi connectivity index (χ2n) is 9.09. The monoisotopic (exact) mass is 618 g/mol. The molecule has 1 aromatic carbocycles. The number of nitrogens with zero attached hydrogens (tertiary/aromatic N) is 4. The molecule has 0 bridgehead atoms. The Labute approximate surface area is 232 Å². The van der Waals surface area contributed by atoms with Crippen molar-refractivity contribution in [2.75, 3.05) is 0 Å². The lowest BCUT2D eigenvalue weighted by atomic mass is 9.90. The quantitative estimate of drug-likeness (QED) is 0.126. The van der Waals surface area contributed by atoms with Crippen molar-refractivity contribution in [3.63, 3.8) is 0 Å². The topological polar surface area (TPSA) is 133 Å². The number of fused-ring (bicyclic) bond motifs is 4. The molecule has 4 heterocycles. The summed E-state index contributed by atoms with van der Waals surface area (Å²) in [6.07, 6.45) is 3.82. The predicted molar refractivity (Wildman–Crippen MR) is 140 cm³/mol. The second-order valence-corrected chi connectivity index (χ2v) is 12.4. The molecule has 1 saturated heterocycles. The van der Waals surface area contributed by atoms with E-state index in [0.717, 1.165) is 29.8 Å². The molecule has 2 unspecified atom stereocenters. The van der Waals surface area contributed by atoms with Crippen LogP contribution in [0.3, 0.4) is 0 Å². The molecule has 38 heavy (non-hydrogen) atoms. The van der Waals surface area contributed by atoms with Crippen LogP contribution in [0.4, 0.5) is 5.69 Å². The van der Waals surface area contributed by atoms with Gasteiger partial charge in [0.2, 0.25) is 0 Å². The number of thiazole rings is 1. The number of halogens is 1. The zero-order valence-corrected chi connectivity index (χ0v) is 23.0. The van der Waals surface area contributed by atoms with Gasteiger partial charge in [-0.15, -0.1) is 23.1 Å². The van der Waals surface area contributed by atoms with E-state index in [4.69, 9.17) is 9.47 Å². The molecule has 0 radical (unpaired) electrons. The fourth-order valence-electron chi connectivity index (χ4n) is 4.90. The van der Waals surface area contributed by atoms with Crippen LogP contribution < -0.4 is 0 Å². The summed E-state index contributed by atoms with van der Waals surface area (Å²) in [7, 11) is 0. The number of β-lactam (4-membered cyclic amide) rings is 1. The molecule has 196 valence electrons. The van der Waals surface area contributed by atoms with Crippen molar-refractivity contribution in [1.82, 2.24) is 14.5 Å². The van der Waals surface area contributed by atoms with E-state index in [0.29, 0.717) is 10.4 Å². The van der Waals surface area contributed by atoms with Crippen molar-refractivity contribution in [3.8, 4) is 0 Å². The summed E-state index contributed by atoms with van der Waals surface area (Å²) in [5.74, 6) is -1.65. The van der Waals surface area contributed by atoms with E-state index in [1.807, 2.05) is 0 Å². The molecule has 3 aromatic rings. The number of amides is 1. The molecule has 1 amide bonds. The van der Waals surface area contributed by atoms with Crippen molar-refractivity contribution in [2.45, 2.75) is 48.6 Å². The van der Waals surface area contributed by atoms with Crippen LogP contribution >= 0.6 is 39.0 Å².